The lowest BCUT2D eigenvalue weighted by atomic mass is 10.2. The molecule has 1 fully saturated rings. The average molecular weight is 332 g/mol. The maximum absolute atomic E-state index is 12.2. The summed E-state index contributed by atoms with van der Waals surface area (Å²) in [6.45, 7) is 2.66. The summed E-state index contributed by atoms with van der Waals surface area (Å²) in [7, 11) is 0. The second-order valence-corrected chi connectivity index (χ2v) is 6.52. The van der Waals surface area contributed by atoms with Gasteiger partial charge in [-0.1, -0.05) is 60.2 Å². The fourth-order valence-electron chi connectivity index (χ4n) is 1.68. The van der Waals surface area contributed by atoms with E-state index in [0.29, 0.717) is 25.8 Å². The summed E-state index contributed by atoms with van der Waals surface area (Å²) in [4.78, 5) is 14.4. The highest BCUT2D eigenvalue weighted by Crippen LogP contribution is 2.34. The Morgan fingerprint density at radius 2 is 2.16 bits per heavy atom. The van der Waals surface area contributed by atoms with Gasteiger partial charge in [0.2, 0.25) is 0 Å². The highest BCUT2D eigenvalue weighted by molar-refractivity contribution is 8.26. The zero-order chi connectivity index (χ0) is 14.0. The van der Waals surface area contributed by atoms with E-state index in [1.165, 1.54) is 11.8 Å². The van der Waals surface area contributed by atoms with Gasteiger partial charge in [0.15, 0.2) is 0 Å². The van der Waals surface area contributed by atoms with Crippen molar-refractivity contribution < 1.29 is 4.79 Å². The second kappa shape index (κ2) is 6.27. The fraction of sp³-hybridized carbons (Fsp3) is 0.231. The molecule has 0 bridgehead atoms. The topological polar surface area (TPSA) is 20.3 Å². The minimum atomic E-state index is -0.0529. The number of hydrogen-bond acceptors (Lipinski definition) is 3. The van der Waals surface area contributed by atoms with Crippen LogP contribution in [0.3, 0.4) is 0 Å². The van der Waals surface area contributed by atoms with Crippen molar-refractivity contribution in [3.63, 3.8) is 0 Å². The zero-order valence-electron chi connectivity index (χ0n) is 10.2. The summed E-state index contributed by atoms with van der Waals surface area (Å²) in [5, 5.41) is 1.09. The number of benzene rings is 1. The average Bonchev–Trinajstić information content (AvgIpc) is 2.61. The monoisotopic (exact) mass is 331 g/mol. The molecule has 100 valence electrons. The molecule has 0 saturated carbocycles. The van der Waals surface area contributed by atoms with Crippen LogP contribution in [0.5, 0.6) is 0 Å². The minimum Gasteiger partial charge on any atom is -0.293 e. The summed E-state index contributed by atoms with van der Waals surface area (Å²) >= 11 is 18.4. The third kappa shape index (κ3) is 3.31. The van der Waals surface area contributed by atoms with Gasteiger partial charge in [-0.25, -0.2) is 0 Å². The fourth-order valence-corrected chi connectivity index (χ4v) is 3.44. The predicted octanol–water partition coefficient (Wildman–Crippen LogP) is 4.60. The van der Waals surface area contributed by atoms with Gasteiger partial charge < -0.3 is 0 Å². The van der Waals surface area contributed by atoms with E-state index in [1.807, 2.05) is 6.92 Å². The summed E-state index contributed by atoms with van der Waals surface area (Å²) in [6, 6.07) is 5.19. The number of thiocarbonyl (C=S) groups is 1. The van der Waals surface area contributed by atoms with Crippen LogP contribution in [0.25, 0.3) is 6.08 Å². The first kappa shape index (κ1) is 14.9. The number of carbonyl (C=O) groups is 1. The van der Waals surface area contributed by atoms with Crippen molar-refractivity contribution in [2.75, 3.05) is 6.54 Å². The van der Waals surface area contributed by atoms with E-state index in [0.717, 1.165) is 12.0 Å². The highest BCUT2D eigenvalue weighted by atomic mass is 35.5. The zero-order valence-corrected chi connectivity index (χ0v) is 13.3. The molecule has 0 N–H and O–H groups in total. The molecule has 1 amide bonds. The molecule has 1 aromatic rings. The van der Waals surface area contributed by atoms with Gasteiger partial charge in [0.1, 0.15) is 4.32 Å². The number of rotatable bonds is 3. The van der Waals surface area contributed by atoms with Gasteiger partial charge in [0.05, 0.1) is 4.91 Å². The van der Waals surface area contributed by atoms with Crippen molar-refractivity contribution in [1.29, 1.82) is 0 Å². The molecular formula is C13H11Cl2NOS2. The maximum Gasteiger partial charge on any atom is 0.266 e. The Morgan fingerprint density at radius 1 is 1.42 bits per heavy atom. The molecule has 0 spiro atoms. The summed E-state index contributed by atoms with van der Waals surface area (Å²) in [5.74, 6) is -0.0529. The summed E-state index contributed by atoms with van der Waals surface area (Å²) < 4.78 is 0.600. The van der Waals surface area contributed by atoms with Crippen LogP contribution < -0.4 is 0 Å². The lowest BCUT2D eigenvalue weighted by Gasteiger charge is -2.11. The van der Waals surface area contributed by atoms with Crippen LogP contribution in [0, 0.1) is 0 Å². The molecule has 0 aromatic heterocycles. The quantitative estimate of drug-likeness (QED) is 0.596. The van der Waals surface area contributed by atoms with Gasteiger partial charge in [-0.05, 0) is 30.2 Å². The van der Waals surface area contributed by atoms with E-state index in [4.69, 9.17) is 35.4 Å². The molecule has 0 radical (unpaired) electrons. The van der Waals surface area contributed by atoms with Crippen molar-refractivity contribution in [3.8, 4) is 0 Å². The van der Waals surface area contributed by atoms with Crippen molar-refractivity contribution >= 4 is 63.5 Å². The molecule has 1 saturated heterocycles. The van der Waals surface area contributed by atoms with E-state index in [2.05, 4.69) is 0 Å². The molecule has 2 rings (SSSR count). The van der Waals surface area contributed by atoms with Crippen molar-refractivity contribution in [2.24, 2.45) is 0 Å². The maximum atomic E-state index is 12.2. The predicted molar refractivity (Wildman–Crippen MR) is 86.6 cm³/mol. The van der Waals surface area contributed by atoms with Gasteiger partial charge in [0, 0.05) is 16.6 Å². The Kier molecular flexibility index (Phi) is 4.90. The Morgan fingerprint density at radius 3 is 2.79 bits per heavy atom. The number of carbonyl (C=O) groups excluding carboxylic acids is 1. The van der Waals surface area contributed by atoms with E-state index >= 15 is 0 Å². The van der Waals surface area contributed by atoms with Crippen LogP contribution in [0.15, 0.2) is 23.1 Å². The van der Waals surface area contributed by atoms with Crippen molar-refractivity contribution in [1.82, 2.24) is 4.90 Å². The number of amides is 1. The molecule has 1 aliphatic rings. The van der Waals surface area contributed by atoms with Crippen LogP contribution in [-0.2, 0) is 4.79 Å². The Bertz CT molecular complexity index is 572. The van der Waals surface area contributed by atoms with Crippen LogP contribution in [-0.4, -0.2) is 21.7 Å². The van der Waals surface area contributed by atoms with E-state index < -0.39 is 0 Å². The smallest absolute Gasteiger partial charge is 0.266 e. The first-order valence-corrected chi connectivity index (χ1v) is 7.71. The van der Waals surface area contributed by atoms with Gasteiger partial charge in [-0.2, -0.15) is 0 Å². The van der Waals surface area contributed by atoms with Gasteiger partial charge in [-0.15, -0.1) is 0 Å². The Balaban J connectivity index is 2.30. The minimum absolute atomic E-state index is 0.0529. The van der Waals surface area contributed by atoms with Gasteiger partial charge in [0.25, 0.3) is 5.91 Å². The first-order valence-electron chi connectivity index (χ1n) is 5.73. The van der Waals surface area contributed by atoms with E-state index in [-0.39, 0.29) is 5.91 Å². The number of nitrogens with zero attached hydrogens (tertiary/aromatic N) is 1. The first-order chi connectivity index (χ1) is 9.02. The third-order valence-corrected chi connectivity index (χ3v) is 4.51. The Labute approximate surface area is 131 Å². The number of hydrogen-bond donors (Lipinski definition) is 0. The third-order valence-electron chi connectivity index (χ3n) is 2.57. The largest absolute Gasteiger partial charge is 0.293 e. The molecule has 6 heteroatoms. The van der Waals surface area contributed by atoms with Crippen LogP contribution in [0.2, 0.25) is 10.0 Å². The lowest BCUT2D eigenvalue weighted by molar-refractivity contribution is -0.122. The standard InChI is InChI=1S/C13H11Cl2NOS2/c1-2-5-16-12(17)11(19-13(16)18)6-8-3-4-9(14)7-10(8)15/h3-4,6-7H,2,5H2,1H3/b11-6+. The SMILES string of the molecule is CCCN1C(=O)/C(=C\c2ccc(Cl)cc2Cl)SC1=S. The second-order valence-electron chi connectivity index (χ2n) is 4.00. The number of thioether (sulfide) groups is 1. The summed E-state index contributed by atoms with van der Waals surface area (Å²) in [5.41, 5.74) is 0.767. The molecule has 0 aliphatic carbocycles. The molecule has 1 aromatic carbocycles. The normalized spacial score (nSPS) is 17.6. The van der Waals surface area contributed by atoms with E-state index in [9.17, 15) is 4.79 Å². The summed E-state index contributed by atoms with van der Waals surface area (Å²) in [6.07, 6.45) is 2.63. The van der Waals surface area contributed by atoms with Crippen LogP contribution in [0.1, 0.15) is 18.9 Å². The number of halogens is 2. The molecule has 1 aliphatic heterocycles. The molecule has 0 unspecified atom stereocenters. The van der Waals surface area contributed by atoms with Crippen LogP contribution >= 0.6 is 47.2 Å². The lowest BCUT2D eigenvalue weighted by Crippen LogP contribution is -2.28. The van der Waals surface area contributed by atoms with Crippen molar-refractivity contribution in [3.05, 3.63) is 38.7 Å². The molecule has 0 atom stereocenters. The molecule has 1 heterocycles. The molecule has 2 nitrogen and oxygen atoms in total. The van der Waals surface area contributed by atoms with Gasteiger partial charge in [-0.3, -0.25) is 9.69 Å². The van der Waals surface area contributed by atoms with Crippen molar-refractivity contribution in [2.45, 2.75) is 13.3 Å². The van der Waals surface area contributed by atoms with E-state index in [1.54, 1.807) is 29.2 Å². The van der Waals surface area contributed by atoms with Crippen LogP contribution in [0.4, 0.5) is 0 Å². The van der Waals surface area contributed by atoms with Gasteiger partial charge >= 0.3 is 0 Å². The molecule has 19 heavy (non-hydrogen) atoms. The Hall–Kier alpha value is -0.550. The molecular weight excluding hydrogens is 321 g/mol. The highest BCUT2D eigenvalue weighted by Gasteiger charge is 2.31.